The maximum atomic E-state index is 12.2. The first-order chi connectivity index (χ1) is 12.1. The minimum atomic E-state index is -3.67. The number of rotatable bonds is 6. The average molecular weight is 376 g/mol. The lowest BCUT2D eigenvalue weighted by atomic mass is 10.1. The van der Waals surface area contributed by atoms with Gasteiger partial charge in [-0.25, -0.2) is 18.1 Å². The summed E-state index contributed by atoms with van der Waals surface area (Å²) < 4.78 is 27.0. The fourth-order valence-corrected chi connectivity index (χ4v) is 3.62. The molecule has 0 bridgehead atoms. The summed E-state index contributed by atoms with van der Waals surface area (Å²) in [4.78, 5) is 16.2. The molecule has 0 aliphatic heterocycles. The lowest BCUT2D eigenvalue weighted by Crippen LogP contribution is -2.40. The van der Waals surface area contributed by atoms with Gasteiger partial charge in [0.25, 0.3) is 0 Å². The molecular weight excluding hydrogens is 352 g/mol. The molecule has 0 aliphatic rings. The second-order valence-corrected chi connectivity index (χ2v) is 8.70. The van der Waals surface area contributed by atoms with Gasteiger partial charge < -0.3 is 11.1 Å². The summed E-state index contributed by atoms with van der Waals surface area (Å²) in [6.07, 6.45) is 1.60. The van der Waals surface area contributed by atoms with Crippen LogP contribution >= 0.6 is 0 Å². The third-order valence-corrected chi connectivity index (χ3v) is 5.12. The molecule has 140 valence electrons. The van der Waals surface area contributed by atoms with E-state index in [9.17, 15) is 13.2 Å². The number of carbonyl (C=O) groups excluding carboxylic acids is 1. The third-order valence-electron chi connectivity index (χ3n) is 3.37. The topological polar surface area (TPSA) is 114 Å². The number of benzene rings is 1. The molecule has 7 nitrogen and oxygen atoms in total. The molecule has 0 radical (unpaired) electrons. The van der Waals surface area contributed by atoms with Crippen LogP contribution < -0.4 is 15.8 Å². The molecule has 2 aromatic rings. The van der Waals surface area contributed by atoms with Gasteiger partial charge in [-0.15, -0.1) is 0 Å². The van der Waals surface area contributed by atoms with Gasteiger partial charge in [-0.2, -0.15) is 0 Å². The van der Waals surface area contributed by atoms with Crippen molar-refractivity contribution in [2.75, 3.05) is 5.32 Å². The average Bonchev–Trinajstić information content (AvgIpc) is 2.54. The summed E-state index contributed by atoms with van der Waals surface area (Å²) in [7, 11) is -3.67. The number of hydrogen-bond acceptors (Lipinski definition) is 5. The molecule has 0 unspecified atom stereocenters. The Morgan fingerprint density at radius 3 is 2.35 bits per heavy atom. The monoisotopic (exact) mass is 376 g/mol. The van der Waals surface area contributed by atoms with Crippen LogP contribution in [0.15, 0.2) is 53.6 Å². The molecule has 0 saturated carbocycles. The Morgan fingerprint density at radius 2 is 1.81 bits per heavy atom. The van der Waals surface area contributed by atoms with E-state index in [4.69, 9.17) is 5.73 Å². The number of aromatic nitrogens is 1. The van der Waals surface area contributed by atoms with Crippen molar-refractivity contribution in [3.63, 3.8) is 0 Å². The van der Waals surface area contributed by atoms with Crippen molar-refractivity contribution < 1.29 is 13.2 Å². The van der Waals surface area contributed by atoms with E-state index in [-0.39, 0.29) is 16.6 Å². The van der Waals surface area contributed by atoms with Gasteiger partial charge in [0.15, 0.2) is 0 Å². The zero-order valence-corrected chi connectivity index (χ0v) is 15.9. The van der Waals surface area contributed by atoms with Crippen molar-refractivity contribution in [2.24, 2.45) is 5.73 Å². The standard InChI is InChI=1S/C18H24N4O3S/c1-18(2,3)22-26(24,25)14-9-10-16(20-12-14)21-17(23)15(19)11-13-7-5-4-6-8-13/h4-10,12,15,22H,11,19H2,1-3H3,(H,20,21,23)/t15-/m0/s1. The minimum absolute atomic E-state index is 0.0269. The summed E-state index contributed by atoms with van der Waals surface area (Å²) in [5.41, 5.74) is 6.27. The molecule has 26 heavy (non-hydrogen) atoms. The smallest absolute Gasteiger partial charge is 0.242 e. The van der Waals surface area contributed by atoms with Crippen molar-refractivity contribution in [3.8, 4) is 0 Å². The molecule has 1 amide bonds. The molecule has 0 saturated heterocycles. The third kappa shape index (κ3) is 5.91. The Kier molecular flexibility index (Phi) is 6.12. The van der Waals surface area contributed by atoms with Gasteiger partial charge in [0.05, 0.1) is 6.04 Å². The second kappa shape index (κ2) is 7.94. The van der Waals surface area contributed by atoms with Crippen molar-refractivity contribution in [3.05, 3.63) is 54.2 Å². The van der Waals surface area contributed by atoms with Gasteiger partial charge in [0.2, 0.25) is 15.9 Å². The van der Waals surface area contributed by atoms with Gasteiger partial charge in [0, 0.05) is 11.7 Å². The van der Waals surface area contributed by atoms with Crippen LogP contribution in [0.5, 0.6) is 0 Å². The van der Waals surface area contributed by atoms with Crippen LogP contribution in [0.2, 0.25) is 0 Å². The normalized spacial score (nSPS) is 13.2. The largest absolute Gasteiger partial charge is 0.320 e. The number of amides is 1. The number of pyridine rings is 1. The van der Waals surface area contributed by atoms with Crippen LogP contribution in [0.1, 0.15) is 26.3 Å². The molecule has 8 heteroatoms. The van der Waals surface area contributed by atoms with Gasteiger partial charge in [-0.05, 0) is 44.9 Å². The molecule has 1 heterocycles. The van der Waals surface area contributed by atoms with E-state index in [1.165, 1.54) is 18.3 Å². The summed E-state index contributed by atoms with van der Waals surface area (Å²) in [6, 6.07) is 11.5. The summed E-state index contributed by atoms with van der Waals surface area (Å²) in [5.74, 6) is -0.141. The first kappa shape index (κ1) is 20.0. The van der Waals surface area contributed by atoms with Crippen LogP contribution in [-0.2, 0) is 21.2 Å². The van der Waals surface area contributed by atoms with Crippen LogP contribution in [-0.4, -0.2) is 30.9 Å². The number of sulfonamides is 1. The van der Waals surface area contributed by atoms with E-state index in [1.54, 1.807) is 20.8 Å². The molecule has 0 fully saturated rings. The maximum Gasteiger partial charge on any atom is 0.242 e. The quantitative estimate of drug-likeness (QED) is 0.709. The molecule has 0 spiro atoms. The number of anilines is 1. The SMILES string of the molecule is CC(C)(C)NS(=O)(=O)c1ccc(NC(=O)[C@@H](N)Cc2ccccc2)nc1. The van der Waals surface area contributed by atoms with Gasteiger partial charge in [0.1, 0.15) is 10.7 Å². The highest BCUT2D eigenvalue weighted by Gasteiger charge is 2.22. The van der Waals surface area contributed by atoms with E-state index < -0.39 is 21.6 Å². The Bertz CT molecular complexity index is 844. The zero-order valence-electron chi connectivity index (χ0n) is 15.1. The van der Waals surface area contributed by atoms with Crippen LogP contribution in [0.3, 0.4) is 0 Å². The molecular formula is C18H24N4O3S. The number of nitrogens with two attached hydrogens (primary N) is 1. The Hall–Kier alpha value is -2.29. The zero-order chi connectivity index (χ0) is 19.4. The summed E-state index contributed by atoms with van der Waals surface area (Å²) in [6.45, 7) is 5.25. The number of nitrogens with one attached hydrogen (secondary N) is 2. The molecule has 1 aromatic carbocycles. The first-order valence-corrected chi connectivity index (χ1v) is 9.65. The van der Waals surface area contributed by atoms with Crippen LogP contribution in [0.25, 0.3) is 0 Å². The summed E-state index contributed by atoms with van der Waals surface area (Å²) >= 11 is 0. The molecule has 1 aromatic heterocycles. The van der Waals surface area contributed by atoms with E-state index in [2.05, 4.69) is 15.0 Å². The first-order valence-electron chi connectivity index (χ1n) is 8.17. The fraction of sp³-hybridized carbons (Fsp3) is 0.333. The highest BCUT2D eigenvalue weighted by Crippen LogP contribution is 2.14. The predicted octanol–water partition coefficient (Wildman–Crippen LogP) is 1.67. The fourth-order valence-electron chi connectivity index (χ4n) is 2.25. The Labute approximate surface area is 154 Å². The van der Waals surface area contributed by atoms with Crippen LogP contribution in [0, 0.1) is 0 Å². The van der Waals surface area contributed by atoms with Gasteiger partial charge >= 0.3 is 0 Å². The lowest BCUT2D eigenvalue weighted by molar-refractivity contribution is -0.117. The predicted molar refractivity (Wildman–Crippen MR) is 101 cm³/mol. The van der Waals surface area contributed by atoms with Gasteiger partial charge in [-0.1, -0.05) is 30.3 Å². The molecule has 0 aliphatic carbocycles. The van der Waals surface area contributed by atoms with Crippen molar-refractivity contribution in [1.82, 2.24) is 9.71 Å². The highest BCUT2D eigenvalue weighted by atomic mass is 32.2. The lowest BCUT2D eigenvalue weighted by Gasteiger charge is -2.20. The van der Waals surface area contributed by atoms with Crippen LogP contribution in [0.4, 0.5) is 5.82 Å². The molecule has 2 rings (SSSR count). The number of hydrogen-bond donors (Lipinski definition) is 3. The summed E-state index contributed by atoms with van der Waals surface area (Å²) in [5, 5.41) is 2.60. The number of nitrogens with zero attached hydrogens (tertiary/aromatic N) is 1. The highest BCUT2D eigenvalue weighted by molar-refractivity contribution is 7.89. The molecule has 4 N–H and O–H groups in total. The van der Waals surface area contributed by atoms with E-state index in [1.807, 2.05) is 30.3 Å². The minimum Gasteiger partial charge on any atom is -0.320 e. The van der Waals surface area contributed by atoms with Gasteiger partial charge in [-0.3, -0.25) is 4.79 Å². The number of carbonyl (C=O) groups is 1. The Morgan fingerprint density at radius 1 is 1.15 bits per heavy atom. The Balaban J connectivity index is 2.01. The molecule has 1 atom stereocenters. The van der Waals surface area contributed by atoms with E-state index in [0.29, 0.717) is 6.42 Å². The second-order valence-electron chi connectivity index (χ2n) is 7.02. The van der Waals surface area contributed by atoms with Crippen molar-refractivity contribution in [2.45, 2.75) is 43.7 Å². The van der Waals surface area contributed by atoms with E-state index >= 15 is 0 Å². The maximum absolute atomic E-state index is 12.2. The van der Waals surface area contributed by atoms with Crippen molar-refractivity contribution in [1.29, 1.82) is 0 Å². The van der Waals surface area contributed by atoms with Crippen molar-refractivity contribution >= 4 is 21.7 Å². The van der Waals surface area contributed by atoms with E-state index in [0.717, 1.165) is 5.56 Å².